The lowest BCUT2D eigenvalue weighted by atomic mass is 9.79. The molecule has 0 spiro atoms. The second-order valence-electron chi connectivity index (χ2n) is 11.9. The predicted octanol–water partition coefficient (Wildman–Crippen LogP) is 3.27. The van der Waals surface area contributed by atoms with Crippen LogP contribution in [0.2, 0.25) is 0 Å². The lowest BCUT2D eigenvalue weighted by Gasteiger charge is -2.38. The number of carbonyl (C=O) groups excluding carboxylic acids is 2. The quantitative estimate of drug-likeness (QED) is 0.148. The molecule has 2 aromatic carbocycles. The normalized spacial score (nSPS) is 12.1. The summed E-state index contributed by atoms with van der Waals surface area (Å²) in [7, 11) is -0.367. The molecule has 3 aromatic rings. The molecule has 3 N–H and O–H groups in total. The fourth-order valence-electron chi connectivity index (χ4n) is 3.76. The van der Waals surface area contributed by atoms with Gasteiger partial charge >= 0.3 is 17.8 Å². The van der Waals surface area contributed by atoms with Gasteiger partial charge in [-0.15, -0.1) is 0 Å². The number of fused-ring (bicyclic) bond motifs is 1. The fourth-order valence-corrected chi connectivity index (χ4v) is 5.29. The van der Waals surface area contributed by atoms with Crippen LogP contribution in [0.4, 0.5) is 19.7 Å². The molecule has 0 unspecified atom stereocenters. The Morgan fingerprint density at radius 3 is 2.39 bits per heavy atom. The van der Waals surface area contributed by atoms with Gasteiger partial charge in [0.05, 0.1) is 17.9 Å². The molecular formula is C30H39FN4O9SSi. The molecule has 0 aliphatic heterocycles. The average Bonchev–Trinajstić information content (AvgIpc) is 2.96. The molecule has 13 nitrogen and oxygen atoms in total. The van der Waals surface area contributed by atoms with Gasteiger partial charge in [0.2, 0.25) is 9.68 Å². The van der Waals surface area contributed by atoms with E-state index in [9.17, 15) is 22.8 Å². The topological polar surface area (TPSA) is 166 Å². The number of nitrogens with zero attached hydrogens (tertiary/aromatic N) is 1. The second-order valence-corrected chi connectivity index (χ2v) is 14.5. The van der Waals surface area contributed by atoms with E-state index in [0.717, 1.165) is 0 Å². The van der Waals surface area contributed by atoms with Gasteiger partial charge in [-0.1, -0.05) is 32.9 Å². The van der Waals surface area contributed by atoms with Crippen molar-refractivity contribution in [2.75, 3.05) is 39.1 Å². The Labute approximate surface area is 269 Å². The van der Waals surface area contributed by atoms with Crippen molar-refractivity contribution in [1.82, 2.24) is 14.6 Å². The number of carbonyl (C=O) groups is 2. The van der Waals surface area contributed by atoms with Gasteiger partial charge in [-0.05, 0) is 48.2 Å². The largest absolute Gasteiger partial charge is 0.448 e. The molecule has 0 saturated carbocycles. The Morgan fingerprint density at radius 2 is 1.76 bits per heavy atom. The van der Waals surface area contributed by atoms with Crippen LogP contribution in [0.1, 0.15) is 45.7 Å². The molecular weight excluding hydrogens is 640 g/mol. The highest BCUT2D eigenvalue weighted by atomic mass is 32.2. The lowest BCUT2D eigenvalue weighted by molar-refractivity contribution is -0.0991. The fraction of sp³-hybridized carbons (Fsp3) is 0.433. The number of halogens is 1. The van der Waals surface area contributed by atoms with E-state index in [1.54, 1.807) is 6.07 Å². The first kappa shape index (κ1) is 36.5. The van der Waals surface area contributed by atoms with Gasteiger partial charge in [0.15, 0.2) is 5.82 Å². The highest BCUT2D eigenvalue weighted by molar-refractivity contribution is 7.90. The van der Waals surface area contributed by atoms with Gasteiger partial charge in [-0.2, -0.15) is 8.42 Å². The minimum atomic E-state index is -4.02. The van der Waals surface area contributed by atoms with Crippen molar-refractivity contribution in [3.05, 3.63) is 63.8 Å². The molecule has 250 valence electrons. The molecule has 0 bridgehead atoms. The summed E-state index contributed by atoms with van der Waals surface area (Å²) in [6.07, 6.45) is -1.72. The zero-order chi connectivity index (χ0) is 34.4. The Bertz CT molecular complexity index is 1760. The molecule has 0 atom stereocenters. The molecule has 3 rings (SSSR count). The van der Waals surface area contributed by atoms with Crippen LogP contribution in [0.5, 0.6) is 5.75 Å². The van der Waals surface area contributed by atoms with Crippen molar-refractivity contribution in [2.45, 2.75) is 46.6 Å². The van der Waals surface area contributed by atoms with Crippen molar-refractivity contribution >= 4 is 53.9 Å². The zero-order valence-corrected chi connectivity index (χ0v) is 28.8. The van der Waals surface area contributed by atoms with Crippen molar-refractivity contribution in [3.63, 3.8) is 0 Å². The number of hydrogen-bond acceptors (Lipinski definition) is 9. The van der Waals surface area contributed by atoms with E-state index in [4.69, 9.17) is 18.6 Å². The van der Waals surface area contributed by atoms with Crippen molar-refractivity contribution in [3.8, 4) is 5.75 Å². The summed E-state index contributed by atoms with van der Waals surface area (Å²) in [4.78, 5) is 41.9. The van der Waals surface area contributed by atoms with E-state index in [-0.39, 0.29) is 53.2 Å². The van der Waals surface area contributed by atoms with Crippen LogP contribution in [0.3, 0.4) is 0 Å². The smallest absolute Gasteiger partial charge is 0.414 e. The standard InChI is InChI=1S/C30H39FN4O9SSi/c1-29(2,3)30(4,5)42-15-14-41-27(37)34-46-25-20-13-12-19(43-28(38)35(7)8)17-23(20)44-26(36)21(25)16-18-10-9-11-22(24(18)31)33-45(39,40)32-6/h9-13,17,32-33H,14-16H2,1-8H3,(H,34,37). The van der Waals surface area contributed by atoms with Crippen LogP contribution < -0.4 is 30.0 Å². The summed E-state index contributed by atoms with van der Waals surface area (Å²) in [5, 5.41) is 0.708. The maximum absolute atomic E-state index is 15.4. The summed E-state index contributed by atoms with van der Waals surface area (Å²) in [5.41, 5.74) is -1.71. The molecule has 0 fully saturated rings. The Kier molecular flexibility index (Phi) is 11.6. The number of ether oxygens (including phenoxy) is 3. The Morgan fingerprint density at radius 1 is 1.07 bits per heavy atom. The summed E-state index contributed by atoms with van der Waals surface area (Å²) >= 11 is 0. The number of hydrogen-bond donors (Lipinski definition) is 3. The molecule has 0 aliphatic rings. The molecule has 2 radical (unpaired) electrons. The number of nitrogens with one attached hydrogen (secondary N) is 3. The highest BCUT2D eigenvalue weighted by Gasteiger charge is 2.33. The van der Waals surface area contributed by atoms with E-state index in [1.807, 2.05) is 39.3 Å². The van der Waals surface area contributed by atoms with Gasteiger partial charge in [-0.25, -0.2) is 23.5 Å². The first-order valence-electron chi connectivity index (χ1n) is 14.2. The van der Waals surface area contributed by atoms with Crippen LogP contribution in [0.25, 0.3) is 11.0 Å². The Balaban J connectivity index is 1.93. The zero-order valence-electron chi connectivity index (χ0n) is 27.0. The maximum atomic E-state index is 15.4. The summed E-state index contributed by atoms with van der Waals surface area (Å²) in [6, 6.07) is 8.46. The van der Waals surface area contributed by atoms with Crippen molar-refractivity contribution in [2.24, 2.45) is 5.41 Å². The minimum absolute atomic E-state index is 0.00766. The molecule has 0 saturated heterocycles. The number of rotatable bonds is 12. The molecule has 16 heteroatoms. The maximum Gasteiger partial charge on any atom is 0.414 e. The van der Waals surface area contributed by atoms with Gasteiger partial charge in [0.25, 0.3) is 10.2 Å². The van der Waals surface area contributed by atoms with Gasteiger partial charge in [0.1, 0.15) is 17.9 Å². The second kappa shape index (κ2) is 14.6. The number of anilines is 1. The highest BCUT2D eigenvalue weighted by Crippen LogP contribution is 2.32. The lowest BCUT2D eigenvalue weighted by Crippen LogP contribution is -2.42. The third-order valence-electron chi connectivity index (χ3n) is 7.38. The van der Waals surface area contributed by atoms with Gasteiger partial charge in [-0.3, -0.25) is 4.72 Å². The van der Waals surface area contributed by atoms with Crippen molar-refractivity contribution in [1.29, 1.82) is 0 Å². The van der Waals surface area contributed by atoms with Crippen LogP contribution in [-0.2, 0) is 26.1 Å². The summed E-state index contributed by atoms with van der Waals surface area (Å²) < 4.78 is 65.5. The van der Waals surface area contributed by atoms with E-state index in [1.165, 1.54) is 56.4 Å². The monoisotopic (exact) mass is 678 g/mol. The number of amides is 2. The molecule has 46 heavy (non-hydrogen) atoms. The van der Waals surface area contributed by atoms with Crippen LogP contribution >= 0.6 is 0 Å². The molecule has 1 aromatic heterocycles. The molecule has 0 aliphatic carbocycles. The first-order valence-corrected chi connectivity index (χ1v) is 16.6. The van der Waals surface area contributed by atoms with E-state index in [0.29, 0.717) is 10.6 Å². The SMILES string of the molecule is CNS(=O)(=O)Nc1cccc(Cc2c([Si]NC(=O)OCCOC(C)(C)C(C)(C)C)c3ccc(OC(=O)N(C)C)cc3oc2=O)c1F. The first-order chi connectivity index (χ1) is 21.3. The molecule has 1 heterocycles. The summed E-state index contributed by atoms with van der Waals surface area (Å²) in [6.45, 7) is 10.1. The van der Waals surface area contributed by atoms with Crippen LogP contribution in [-0.4, -0.2) is 75.1 Å². The van der Waals surface area contributed by atoms with Crippen LogP contribution in [0, 0.1) is 11.2 Å². The minimum Gasteiger partial charge on any atom is -0.448 e. The average molecular weight is 679 g/mol. The van der Waals surface area contributed by atoms with Gasteiger partial charge < -0.3 is 28.5 Å². The number of benzene rings is 2. The third kappa shape index (κ3) is 9.28. The van der Waals surface area contributed by atoms with E-state index in [2.05, 4.69) is 9.70 Å². The van der Waals surface area contributed by atoms with Gasteiger partial charge in [0, 0.05) is 44.6 Å². The van der Waals surface area contributed by atoms with Crippen molar-refractivity contribution < 1.29 is 41.0 Å². The predicted molar refractivity (Wildman–Crippen MR) is 172 cm³/mol. The third-order valence-corrected chi connectivity index (χ3v) is 9.55. The van der Waals surface area contributed by atoms with Crippen LogP contribution in [0.15, 0.2) is 45.6 Å². The van der Waals surface area contributed by atoms with E-state index >= 15 is 4.39 Å². The Hall–Kier alpha value is -3.99. The van der Waals surface area contributed by atoms with E-state index < -0.39 is 49.1 Å². The molecule has 2 amide bonds. The summed E-state index contributed by atoms with van der Waals surface area (Å²) in [5.74, 6) is -0.788.